The third-order valence-corrected chi connectivity index (χ3v) is 6.93. The molecule has 2 atom stereocenters. The lowest BCUT2D eigenvalue weighted by atomic mass is 9.91. The van der Waals surface area contributed by atoms with E-state index in [1.54, 1.807) is 24.8 Å². The number of aromatic amines is 1. The van der Waals surface area contributed by atoms with Crippen LogP contribution in [0.3, 0.4) is 0 Å². The molecule has 204 valence electrons. The van der Waals surface area contributed by atoms with Crippen molar-refractivity contribution in [3.63, 3.8) is 0 Å². The van der Waals surface area contributed by atoms with Crippen LogP contribution in [-0.2, 0) is 30.3 Å². The molecule has 9 heteroatoms. The molecular formula is C29H36FN3O5. The first-order chi connectivity index (χ1) is 18.2. The van der Waals surface area contributed by atoms with Gasteiger partial charge >= 0.3 is 17.8 Å². The first-order valence-electron chi connectivity index (χ1n) is 13.3. The zero-order chi connectivity index (χ0) is 27.2. The smallest absolute Gasteiger partial charge is 0.397 e. The van der Waals surface area contributed by atoms with Gasteiger partial charge < -0.3 is 24.7 Å². The average Bonchev–Trinajstić information content (AvgIpc) is 3.48. The summed E-state index contributed by atoms with van der Waals surface area (Å²) in [5.74, 6) is -1.73. The van der Waals surface area contributed by atoms with E-state index in [0.29, 0.717) is 37.6 Å². The number of H-pyrrole nitrogens is 1. The van der Waals surface area contributed by atoms with E-state index in [1.165, 1.54) is 19.1 Å². The van der Waals surface area contributed by atoms with Gasteiger partial charge in [0.05, 0.1) is 6.10 Å². The van der Waals surface area contributed by atoms with Gasteiger partial charge in [-0.1, -0.05) is 18.2 Å². The zero-order valence-electron chi connectivity index (χ0n) is 22.2. The Balaban J connectivity index is 1.50. The first kappa shape index (κ1) is 27.6. The molecule has 2 heterocycles. The first-order valence-corrected chi connectivity index (χ1v) is 13.3. The predicted molar refractivity (Wildman–Crippen MR) is 143 cm³/mol. The number of fused-ring (bicyclic) bond motifs is 1. The second kappa shape index (κ2) is 12.4. The number of hydrogen-bond donors (Lipinski definition) is 2. The number of esters is 2. The Labute approximate surface area is 222 Å². The van der Waals surface area contributed by atoms with Crippen LogP contribution in [0.15, 0.2) is 36.4 Å². The van der Waals surface area contributed by atoms with Crippen LogP contribution < -0.4 is 5.32 Å². The van der Waals surface area contributed by atoms with Gasteiger partial charge in [0.25, 0.3) is 0 Å². The van der Waals surface area contributed by atoms with E-state index in [0.717, 1.165) is 48.0 Å². The van der Waals surface area contributed by atoms with E-state index >= 15 is 0 Å². The molecular weight excluding hydrogens is 489 g/mol. The van der Waals surface area contributed by atoms with Crippen molar-refractivity contribution in [2.75, 3.05) is 26.2 Å². The van der Waals surface area contributed by atoms with Gasteiger partial charge in [-0.05, 0) is 74.8 Å². The molecule has 0 spiro atoms. The number of nitrogens with zero attached hydrogens (tertiary/aromatic N) is 1. The van der Waals surface area contributed by atoms with Crippen LogP contribution in [0, 0.1) is 11.7 Å². The van der Waals surface area contributed by atoms with E-state index in [-0.39, 0.29) is 23.9 Å². The number of hydrogen-bond acceptors (Lipinski definition) is 6. The van der Waals surface area contributed by atoms with Crippen LogP contribution in [0.5, 0.6) is 0 Å². The zero-order valence-corrected chi connectivity index (χ0v) is 22.2. The highest BCUT2D eigenvalue weighted by molar-refractivity contribution is 6.32. The minimum atomic E-state index is -0.821. The fraction of sp³-hybridized carbons (Fsp3) is 0.483. The highest BCUT2D eigenvalue weighted by atomic mass is 19.1. The number of ether oxygens (including phenoxy) is 2. The Morgan fingerprint density at radius 2 is 2.08 bits per heavy atom. The minimum absolute atomic E-state index is 0.146. The number of aromatic nitrogens is 1. The van der Waals surface area contributed by atoms with Crippen molar-refractivity contribution in [1.29, 1.82) is 0 Å². The monoisotopic (exact) mass is 525 g/mol. The molecule has 38 heavy (non-hydrogen) atoms. The number of rotatable bonds is 9. The molecule has 0 radical (unpaired) electrons. The van der Waals surface area contributed by atoms with E-state index in [9.17, 15) is 18.8 Å². The van der Waals surface area contributed by atoms with Crippen molar-refractivity contribution in [1.82, 2.24) is 15.2 Å². The second-order valence-corrected chi connectivity index (χ2v) is 10.2. The average molecular weight is 526 g/mol. The Kier molecular flexibility index (Phi) is 8.99. The summed E-state index contributed by atoms with van der Waals surface area (Å²) in [4.78, 5) is 41.1. The number of nitrogens with one attached hydrogen (secondary N) is 2. The molecule has 0 bridgehead atoms. The molecule has 8 nitrogen and oxygen atoms in total. The molecule has 1 saturated heterocycles. The lowest BCUT2D eigenvalue weighted by Crippen LogP contribution is -2.42. The fourth-order valence-corrected chi connectivity index (χ4v) is 5.17. The van der Waals surface area contributed by atoms with Gasteiger partial charge in [0.15, 0.2) is 0 Å². The summed E-state index contributed by atoms with van der Waals surface area (Å²) in [5, 5.41) is 4.22. The Morgan fingerprint density at radius 1 is 1.26 bits per heavy atom. The standard InChI is InChI=1S/C29H36FN3O5/c1-18(2)38-29(36)28(35)33-13-4-5-23(33)16-25-24-11-10-22(30)15-26(24)32-27(25)21-8-6-20(7-9-21)17-31-12-14-37-19(3)34/h6,8-11,15,18,20,23,31-32H,4-5,7,12-14,16-17H2,1-3H3. The number of benzene rings is 1. The Hall–Kier alpha value is -3.46. The number of allylic oxidation sites excluding steroid dienone is 3. The summed E-state index contributed by atoms with van der Waals surface area (Å²) in [6.07, 6.45) is 9.00. The van der Waals surface area contributed by atoms with Gasteiger partial charge in [-0.2, -0.15) is 0 Å². The van der Waals surface area contributed by atoms with Gasteiger partial charge in [-0.3, -0.25) is 9.59 Å². The molecule has 2 aromatic rings. The highest BCUT2D eigenvalue weighted by Gasteiger charge is 2.35. The van der Waals surface area contributed by atoms with Gasteiger partial charge in [-0.25, -0.2) is 9.18 Å². The van der Waals surface area contributed by atoms with Gasteiger partial charge in [0, 0.05) is 49.2 Å². The van der Waals surface area contributed by atoms with Crippen LogP contribution in [-0.4, -0.2) is 66.1 Å². The molecule has 1 fully saturated rings. The summed E-state index contributed by atoms with van der Waals surface area (Å²) >= 11 is 0. The normalized spacial score (nSPS) is 19.2. The van der Waals surface area contributed by atoms with E-state index in [2.05, 4.69) is 28.5 Å². The summed E-state index contributed by atoms with van der Waals surface area (Å²) in [6.45, 7) is 7.05. The highest BCUT2D eigenvalue weighted by Crippen LogP contribution is 2.34. The van der Waals surface area contributed by atoms with Crippen molar-refractivity contribution in [2.45, 2.75) is 58.6 Å². The van der Waals surface area contributed by atoms with Crippen molar-refractivity contribution < 1.29 is 28.2 Å². The largest absolute Gasteiger partial charge is 0.465 e. The van der Waals surface area contributed by atoms with Crippen LogP contribution in [0.2, 0.25) is 0 Å². The Morgan fingerprint density at radius 3 is 2.79 bits per heavy atom. The van der Waals surface area contributed by atoms with E-state index in [1.807, 2.05) is 0 Å². The summed E-state index contributed by atoms with van der Waals surface area (Å²) < 4.78 is 24.2. The molecule has 2 unspecified atom stereocenters. The molecule has 1 amide bonds. The van der Waals surface area contributed by atoms with Crippen molar-refractivity contribution in [3.05, 3.63) is 53.5 Å². The molecule has 1 aliphatic carbocycles. The van der Waals surface area contributed by atoms with Gasteiger partial charge in [0.1, 0.15) is 12.4 Å². The lowest BCUT2D eigenvalue weighted by Gasteiger charge is -2.25. The van der Waals surface area contributed by atoms with Crippen LogP contribution in [0.4, 0.5) is 4.39 Å². The molecule has 2 aliphatic rings. The molecule has 4 rings (SSSR count). The third-order valence-electron chi connectivity index (χ3n) is 6.93. The number of likely N-dealkylation sites (tertiary alicyclic amines) is 1. The summed E-state index contributed by atoms with van der Waals surface area (Å²) in [6, 6.07) is 4.57. The van der Waals surface area contributed by atoms with Crippen molar-refractivity contribution >= 4 is 34.3 Å². The summed E-state index contributed by atoms with van der Waals surface area (Å²) in [7, 11) is 0. The van der Waals surface area contributed by atoms with E-state index in [4.69, 9.17) is 9.47 Å². The van der Waals surface area contributed by atoms with Crippen molar-refractivity contribution in [2.24, 2.45) is 5.92 Å². The predicted octanol–water partition coefficient (Wildman–Crippen LogP) is 3.90. The van der Waals surface area contributed by atoms with Gasteiger partial charge in [0.2, 0.25) is 0 Å². The second-order valence-electron chi connectivity index (χ2n) is 10.2. The third kappa shape index (κ3) is 6.69. The van der Waals surface area contributed by atoms with E-state index < -0.39 is 11.9 Å². The molecule has 0 saturated carbocycles. The summed E-state index contributed by atoms with van der Waals surface area (Å²) in [5.41, 5.74) is 3.64. The van der Waals surface area contributed by atoms with Crippen LogP contribution in [0.25, 0.3) is 16.5 Å². The maximum absolute atomic E-state index is 14.1. The van der Waals surface area contributed by atoms with Crippen LogP contribution in [0.1, 0.15) is 51.3 Å². The van der Waals surface area contributed by atoms with Gasteiger partial charge in [-0.15, -0.1) is 0 Å². The molecule has 1 aliphatic heterocycles. The topological polar surface area (TPSA) is 101 Å². The number of carbonyl (C=O) groups excluding carboxylic acids is 3. The fourth-order valence-electron chi connectivity index (χ4n) is 5.17. The SMILES string of the molecule is CC(=O)OCCNCC1C=CC(c2[nH]c3cc(F)ccc3c2CC2CCCN2C(=O)C(=O)OC(C)C)=CC1. The molecule has 2 N–H and O–H groups in total. The molecule has 1 aromatic carbocycles. The number of carbonyl (C=O) groups is 3. The maximum atomic E-state index is 14.1. The number of amides is 1. The molecule has 1 aromatic heterocycles. The maximum Gasteiger partial charge on any atom is 0.397 e. The minimum Gasteiger partial charge on any atom is -0.465 e. The lowest BCUT2D eigenvalue weighted by molar-refractivity contribution is -0.163. The van der Waals surface area contributed by atoms with Crippen molar-refractivity contribution in [3.8, 4) is 0 Å². The Bertz CT molecular complexity index is 1250. The number of halogens is 1. The quantitative estimate of drug-likeness (QED) is 0.293. The van der Waals surface area contributed by atoms with Crippen LogP contribution >= 0.6 is 0 Å².